The normalized spacial score (nSPS) is 13.8. The van der Waals surface area contributed by atoms with E-state index in [9.17, 15) is 43.2 Å². The van der Waals surface area contributed by atoms with Crippen molar-refractivity contribution in [3.63, 3.8) is 0 Å². The smallest absolute Gasteiger partial charge is 0.462 e. The fourth-order valence-corrected chi connectivity index (χ4v) is 14.4. The summed E-state index contributed by atoms with van der Waals surface area (Å²) in [7, 11) is -9.92. The van der Waals surface area contributed by atoms with Crippen molar-refractivity contribution < 1.29 is 80.2 Å². The number of phosphoric acid groups is 2. The van der Waals surface area contributed by atoms with Gasteiger partial charge in [-0.15, -0.1) is 0 Å². The first-order valence-electron chi connectivity index (χ1n) is 42.8. The van der Waals surface area contributed by atoms with Gasteiger partial charge >= 0.3 is 39.5 Å². The van der Waals surface area contributed by atoms with E-state index in [2.05, 4.69) is 27.7 Å². The summed E-state index contributed by atoms with van der Waals surface area (Å²) < 4.78 is 68.8. The van der Waals surface area contributed by atoms with E-state index in [-0.39, 0.29) is 25.7 Å². The van der Waals surface area contributed by atoms with Crippen LogP contribution < -0.4 is 0 Å². The molecule has 0 saturated carbocycles. The zero-order chi connectivity index (χ0) is 73.9. The summed E-state index contributed by atoms with van der Waals surface area (Å²) in [6.07, 6.45) is 69.1. The first-order valence-corrected chi connectivity index (χ1v) is 45.8. The molecule has 5 atom stereocenters. The highest BCUT2D eigenvalue weighted by Gasteiger charge is 2.30. The molecule has 0 rings (SSSR count). The molecule has 0 amide bonds. The third kappa shape index (κ3) is 76.1. The van der Waals surface area contributed by atoms with Gasteiger partial charge in [-0.25, -0.2) is 9.13 Å². The largest absolute Gasteiger partial charge is 0.472 e. The first kappa shape index (κ1) is 99.1. The van der Waals surface area contributed by atoms with Gasteiger partial charge in [-0.2, -0.15) is 0 Å². The standard InChI is InChI=1S/C82H160O17P2/c1-5-9-13-17-21-25-29-33-36-39-43-47-51-55-59-63-67-80(85)93-73-78(99-82(87)69-65-61-57-53-49-45-41-38-35-31-27-23-19-15-11-7-3)75-97-101(90,91)95-71-76(83)70-94-100(88,89)96-74-77(72-92-79(84)66-62-58-54-50-46-42-32-28-24-20-16-12-8-4)98-81(86)68-64-60-56-52-48-44-40-37-34-30-26-22-18-14-10-6-2/h76-78,83H,5-75H2,1-4H3,(H,88,89)(H,90,91)/t76-,77+,78+/m0/s1. The van der Waals surface area contributed by atoms with Crippen LogP contribution in [0.1, 0.15) is 445 Å². The Morgan fingerprint density at radius 3 is 0.584 bits per heavy atom. The van der Waals surface area contributed by atoms with Gasteiger partial charge in [0.15, 0.2) is 12.2 Å². The van der Waals surface area contributed by atoms with Crippen LogP contribution >= 0.6 is 15.6 Å². The predicted octanol–water partition coefficient (Wildman–Crippen LogP) is 25.0. The van der Waals surface area contributed by atoms with Crippen LogP contribution in [0.2, 0.25) is 0 Å². The van der Waals surface area contributed by atoms with Gasteiger partial charge in [-0.3, -0.25) is 37.3 Å². The van der Waals surface area contributed by atoms with E-state index in [1.807, 2.05) is 0 Å². The molecule has 0 saturated heterocycles. The molecule has 0 bridgehead atoms. The van der Waals surface area contributed by atoms with Crippen LogP contribution in [0.15, 0.2) is 0 Å². The molecule has 0 radical (unpaired) electrons. The predicted molar refractivity (Wildman–Crippen MR) is 414 cm³/mol. The number of ether oxygens (including phenoxy) is 4. The average Bonchev–Trinajstić information content (AvgIpc) is 1.02. The van der Waals surface area contributed by atoms with Crippen LogP contribution in [-0.4, -0.2) is 96.7 Å². The molecule has 0 heterocycles. The average molecular weight is 1480 g/mol. The Kier molecular flexibility index (Phi) is 74.8. The summed E-state index contributed by atoms with van der Waals surface area (Å²) in [6, 6.07) is 0. The number of rotatable bonds is 83. The Labute approximate surface area is 619 Å². The fraction of sp³-hybridized carbons (Fsp3) is 0.951. The molecule has 0 aromatic heterocycles. The van der Waals surface area contributed by atoms with Crippen LogP contribution in [0.25, 0.3) is 0 Å². The molecule has 0 aromatic rings. The van der Waals surface area contributed by atoms with Crippen molar-refractivity contribution in [2.75, 3.05) is 39.6 Å². The molecule has 0 spiro atoms. The van der Waals surface area contributed by atoms with Crippen LogP contribution in [0.4, 0.5) is 0 Å². The number of carbonyl (C=O) groups is 4. The van der Waals surface area contributed by atoms with Crippen molar-refractivity contribution in [1.82, 2.24) is 0 Å². The van der Waals surface area contributed by atoms with E-state index in [0.717, 1.165) is 89.9 Å². The lowest BCUT2D eigenvalue weighted by atomic mass is 10.0. The summed E-state index contributed by atoms with van der Waals surface area (Å²) in [6.45, 7) is 5.05. The third-order valence-electron chi connectivity index (χ3n) is 19.4. The molecule has 0 aliphatic carbocycles. The van der Waals surface area contributed by atoms with E-state index in [1.54, 1.807) is 0 Å². The van der Waals surface area contributed by atoms with Crippen molar-refractivity contribution in [3.05, 3.63) is 0 Å². The van der Waals surface area contributed by atoms with E-state index in [0.29, 0.717) is 25.7 Å². The molecule has 19 heteroatoms. The Morgan fingerprint density at radius 1 is 0.238 bits per heavy atom. The Morgan fingerprint density at radius 2 is 0.396 bits per heavy atom. The minimum atomic E-state index is -4.96. The van der Waals surface area contributed by atoms with Crippen molar-refractivity contribution in [1.29, 1.82) is 0 Å². The maximum atomic E-state index is 13.1. The molecule has 3 N–H and O–H groups in total. The number of phosphoric ester groups is 2. The minimum Gasteiger partial charge on any atom is -0.462 e. The number of hydrogen-bond acceptors (Lipinski definition) is 15. The molecule has 600 valence electrons. The van der Waals surface area contributed by atoms with Gasteiger partial charge in [0.25, 0.3) is 0 Å². The highest BCUT2D eigenvalue weighted by molar-refractivity contribution is 7.47. The van der Waals surface area contributed by atoms with E-state index < -0.39 is 97.5 Å². The van der Waals surface area contributed by atoms with E-state index in [1.165, 1.54) is 276 Å². The molecular formula is C82H160O17P2. The highest BCUT2D eigenvalue weighted by Crippen LogP contribution is 2.45. The Balaban J connectivity index is 5.26. The third-order valence-corrected chi connectivity index (χ3v) is 21.3. The number of aliphatic hydroxyl groups is 1. The zero-order valence-electron chi connectivity index (χ0n) is 65.9. The summed E-state index contributed by atoms with van der Waals surface area (Å²) in [5, 5.41) is 10.7. The number of unbranched alkanes of at least 4 members (excludes halogenated alkanes) is 57. The van der Waals surface area contributed by atoms with Crippen LogP contribution in [0.5, 0.6) is 0 Å². The lowest BCUT2D eigenvalue weighted by Crippen LogP contribution is -2.30. The lowest BCUT2D eigenvalue weighted by molar-refractivity contribution is -0.161. The lowest BCUT2D eigenvalue weighted by Gasteiger charge is -2.21. The minimum absolute atomic E-state index is 0.109. The van der Waals surface area contributed by atoms with Crippen molar-refractivity contribution in [3.8, 4) is 0 Å². The Hall–Kier alpha value is -1.94. The van der Waals surface area contributed by atoms with Crippen LogP contribution in [-0.2, 0) is 65.4 Å². The fourth-order valence-electron chi connectivity index (χ4n) is 12.8. The van der Waals surface area contributed by atoms with Crippen molar-refractivity contribution in [2.24, 2.45) is 0 Å². The monoisotopic (exact) mass is 1480 g/mol. The quantitative estimate of drug-likeness (QED) is 0.0222. The van der Waals surface area contributed by atoms with Crippen molar-refractivity contribution >= 4 is 39.5 Å². The highest BCUT2D eigenvalue weighted by atomic mass is 31.2. The molecule has 0 fully saturated rings. The van der Waals surface area contributed by atoms with Gasteiger partial charge in [0, 0.05) is 25.7 Å². The number of aliphatic hydroxyl groups excluding tert-OH is 1. The molecule has 17 nitrogen and oxygen atoms in total. The molecule has 0 aliphatic heterocycles. The Bertz CT molecular complexity index is 1910. The summed E-state index contributed by atoms with van der Waals surface area (Å²) in [5.74, 6) is -2.10. The zero-order valence-corrected chi connectivity index (χ0v) is 67.7. The van der Waals surface area contributed by atoms with Crippen molar-refractivity contribution in [2.45, 2.75) is 463 Å². The molecule has 2 unspecified atom stereocenters. The van der Waals surface area contributed by atoms with Gasteiger partial charge in [-0.1, -0.05) is 394 Å². The molecule has 0 aromatic carbocycles. The van der Waals surface area contributed by atoms with Gasteiger partial charge in [0.2, 0.25) is 0 Å². The number of carbonyl (C=O) groups excluding carboxylic acids is 4. The maximum Gasteiger partial charge on any atom is 0.472 e. The van der Waals surface area contributed by atoms with Gasteiger partial charge in [0.1, 0.15) is 19.3 Å². The SMILES string of the molecule is CCCCCCCCCCCCCCCCCCC(=O)OC[C@H](COP(=O)(O)OC[C@@H](O)COP(=O)(O)OC[C@@H](COC(=O)CCCCCCCCCCCCCCC)OC(=O)CCCCCCCCCCCCCCCCCC)OC(=O)CCCCCCCCCCCCCCCCCC. The second-order valence-corrected chi connectivity index (χ2v) is 32.4. The number of hydrogen-bond donors (Lipinski definition) is 3. The number of esters is 4. The molecule has 101 heavy (non-hydrogen) atoms. The summed E-state index contributed by atoms with van der Waals surface area (Å²) >= 11 is 0. The van der Waals surface area contributed by atoms with E-state index in [4.69, 9.17) is 37.0 Å². The van der Waals surface area contributed by atoms with Gasteiger partial charge < -0.3 is 33.8 Å². The topological polar surface area (TPSA) is 237 Å². The second-order valence-electron chi connectivity index (χ2n) is 29.5. The molecular weight excluding hydrogens is 1320 g/mol. The molecule has 0 aliphatic rings. The summed E-state index contributed by atoms with van der Waals surface area (Å²) in [4.78, 5) is 73.1. The van der Waals surface area contributed by atoms with Crippen LogP contribution in [0.3, 0.4) is 0 Å². The second kappa shape index (κ2) is 76.3. The maximum absolute atomic E-state index is 13.1. The van der Waals surface area contributed by atoms with Gasteiger partial charge in [0.05, 0.1) is 26.4 Å². The van der Waals surface area contributed by atoms with Gasteiger partial charge in [-0.05, 0) is 25.7 Å². The first-order chi connectivity index (χ1) is 49.2. The van der Waals surface area contributed by atoms with Crippen LogP contribution in [0, 0.1) is 0 Å². The summed E-state index contributed by atoms with van der Waals surface area (Å²) in [5.41, 5.74) is 0. The van der Waals surface area contributed by atoms with E-state index >= 15 is 0 Å².